The molecule has 50 heavy (non-hydrogen) atoms. The van der Waals surface area contributed by atoms with Crippen molar-refractivity contribution in [3.8, 4) is 51.7 Å². The van der Waals surface area contributed by atoms with E-state index in [0.29, 0.717) is 6.42 Å². The average molecular weight is 697 g/mol. The number of rotatable bonds is 18. The molecule has 1 aliphatic heterocycles. The highest BCUT2D eigenvalue weighted by molar-refractivity contribution is 5.91. The summed E-state index contributed by atoms with van der Waals surface area (Å²) in [7, 11) is 0. The first-order chi connectivity index (χ1) is 24.0. The number of fused-ring (bicyclic) bond motifs is 1. The van der Waals surface area contributed by atoms with Crippen molar-refractivity contribution in [1.29, 1.82) is 0 Å². The monoisotopic (exact) mass is 696 g/mol. The molecule has 4 rings (SSSR count). The predicted molar refractivity (Wildman–Crippen MR) is 183 cm³/mol. The molecule has 0 saturated heterocycles. The summed E-state index contributed by atoms with van der Waals surface area (Å²) in [6.07, 6.45) is 12.6. The van der Waals surface area contributed by atoms with Crippen molar-refractivity contribution in [3.63, 3.8) is 0 Å². The van der Waals surface area contributed by atoms with Gasteiger partial charge in [-0.05, 0) is 30.7 Å². The highest BCUT2D eigenvalue weighted by Gasteiger charge is 2.37. The van der Waals surface area contributed by atoms with E-state index in [9.17, 15) is 45.3 Å². The van der Waals surface area contributed by atoms with Crippen molar-refractivity contribution in [2.24, 2.45) is 0 Å². The number of hydrogen-bond acceptors (Lipinski definition) is 12. The highest BCUT2D eigenvalue weighted by atomic mass is 16.6. The summed E-state index contributed by atoms with van der Waals surface area (Å²) in [6, 6.07) is 6.43. The maximum Gasteiger partial charge on any atom is 0.338 e. The smallest absolute Gasteiger partial charge is 0.338 e. The third kappa shape index (κ3) is 10.3. The second-order valence-corrected chi connectivity index (χ2v) is 12.8. The van der Waals surface area contributed by atoms with Crippen LogP contribution < -0.4 is 9.47 Å². The zero-order chi connectivity index (χ0) is 36.2. The van der Waals surface area contributed by atoms with E-state index in [-0.39, 0.29) is 46.8 Å². The first-order valence-electron chi connectivity index (χ1n) is 17.4. The Morgan fingerprint density at radius 3 is 1.78 bits per heavy atom. The van der Waals surface area contributed by atoms with Crippen LogP contribution in [-0.2, 0) is 16.0 Å². The van der Waals surface area contributed by atoms with Crippen LogP contribution in [0.5, 0.6) is 51.7 Å². The first-order valence-corrected chi connectivity index (χ1v) is 17.4. The fourth-order valence-corrected chi connectivity index (χ4v) is 6.10. The second kappa shape index (κ2) is 18.1. The van der Waals surface area contributed by atoms with Gasteiger partial charge in [-0.25, -0.2) is 4.79 Å². The lowest BCUT2D eigenvalue weighted by molar-refractivity contribution is -0.134. The van der Waals surface area contributed by atoms with Gasteiger partial charge in [-0.1, -0.05) is 84.0 Å². The van der Waals surface area contributed by atoms with Gasteiger partial charge in [0.05, 0.1) is 5.56 Å². The zero-order valence-electron chi connectivity index (χ0n) is 28.4. The van der Waals surface area contributed by atoms with Crippen LogP contribution >= 0.6 is 0 Å². The van der Waals surface area contributed by atoms with E-state index in [4.69, 9.17) is 14.2 Å². The fourth-order valence-electron chi connectivity index (χ4n) is 6.10. The van der Waals surface area contributed by atoms with Crippen molar-refractivity contribution >= 4 is 11.9 Å². The predicted octanol–water partition coefficient (Wildman–Crippen LogP) is 7.91. The minimum absolute atomic E-state index is 0.0483. The minimum Gasteiger partial charge on any atom is -0.508 e. The van der Waals surface area contributed by atoms with Crippen molar-refractivity contribution < 1.29 is 59.5 Å². The van der Waals surface area contributed by atoms with E-state index >= 15 is 0 Å². The molecular weight excluding hydrogens is 648 g/mol. The summed E-state index contributed by atoms with van der Waals surface area (Å²) in [5.74, 6) is -6.21. The fraction of sp³-hybridized carbons (Fsp3) is 0.474. The molecule has 0 aromatic heterocycles. The van der Waals surface area contributed by atoms with Gasteiger partial charge in [0, 0.05) is 36.1 Å². The molecular formula is C38H48O12. The van der Waals surface area contributed by atoms with Crippen molar-refractivity contribution in [2.45, 2.75) is 115 Å². The lowest BCUT2D eigenvalue weighted by Gasteiger charge is -2.34. The molecule has 1 heterocycles. The third-order valence-corrected chi connectivity index (χ3v) is 8.83. The summed E-state index contributed by atoms with van der Waals surface area (Å²) < 4.78 is 16.8. The molecule has 0 radical (unpaired) electrons. The summed E-state index contributed by atoms with van der Waals surface area (Å²) in [4.78, 5) is 25.7. The molecule has 12 nitrogen and oxygen atoms in total. The number of ether oxygens (including phenoxy) is 3. The lowest BCUT2D eigenvalue weighted by atomic mass is 9.93. The molecule has 0 unspecified atom stereocenters. The van der Waals surface area contributed by atoms with Crippen molar-refractivity contribution in [1.82, 2.24) is 0 Å². The molecule has 0 bridgehead atoms. The summed E-state index contributed by atoms with van der Waals surface area (Å²) in [5, 5.41) is 71.5. The van der Waals surface area contributed by atoms with Crippen LogP contribution in [0.25, 0.3) is 0 Å². The average Bonchev–Trinajstić information content (AvgIpc) is 3.07. The van der Waals surface area contributed by atoms with Crippen LogP contribution in [0.1, 0.15) is 124 Å². The Morgan fingerprint density at radius 1 is 0.680 bits per heavy atom. The number of carbonyl (C=O) groups is 2. The number of aromatic hydroxyl groups is 7. The van der Waals surface area contributed by atoms with E-state index in [0.717, 1.165) is 49.6 Å². The SMILES string of the molecule is CCCCCCCCCCCCCCCC(=O)Oc1c(O)cc(C(=O)O[C@@H]2Cc3c(O)cc(O)cc3O[C@@H]2c2cc(O)c(O)c(O)c2)cc1O. The molecule has 0 spiro atoms. The van der Waals surface area contributed by atoms with Gasteiger partial charge in [0.1, 0.15) is 23.4 Å². The van der Waals surface area contributed by atoms with Gasteiger partial charge in [0.25, 0.3) is 0 Å². The summed E-state index contributed by atoms with van der Waals surface area (Å²) in [5.41, 5.74) is -0.0202. The van der Waals surface area contributed by atoms with Crippen molar-refractivity contribution in [2.75, 3.05) is 0 Å². The maximum atomic E-state index is 13.3. The Labute approximate surface area is 291 Å². The van der Waals surface area contributed by atoms with Gasteiger partial charge in [-0.15, -0.1) is 0 Å². The maximum absolute atomic E-state index is 13.3. The molecule has 3 aromatic rings. The van der Waals surface area contributed by atoms with Gasteiger partial charge in [-0.2, -0.15) is 0 Å². The van der Waals surface area contributed by atoms with Crippen LogP contribution in [0.3, 0.4) is 0 Å². The van der Waals surface area contributed by atoms with Gasteiger partial charge in [-0.3, -0.25) is 4.79 Å². The van der Waals surface area contributed by atoms with Gasteiger partial charge < -0.3 is 50.0 Å². The van der Waals surface area contributed by atoms with E-state index in [1.807, 2.05) is 0 Å². The molecule has 0 saturated carbocycles. The number of benzene rings is 3. The lowest BCUT2D eigenvalue weighted by Crippen LogP contribution is -2.34. The first kappa shape index (κ1) is 37.8. The molecule has 12 heteroatoms. The number of esters is 2. The molecule has 2 atom stereocenters. The Morgan fingerprint density at radius 2 is 1.22 bits per heavy atom. The molecule has 0 amide bonds. The number of hydrogen-bond donors (Lipinski definition) is 7. The topological polar surface area (TPSA) is 203 Å². The van der Waals surface area contributed by atoms with Crippen LogP contribution in [-0.4, -0.2) is 53.8 Å². The van der Waals surface area contributed by atoms with E-state index in [1.54, 1.807) is 0 Å². The zero-order valence-corrected chi connectivity index (χ0v) is 28.4. The highest BCUT2D eigenvalue weighted by Crippen LogP contribution is 2.46. The number of phenolic OH excluding ortho intramolecular Hbond substituents is 7. The van der Waals surface area contributed by atoms with Crippen LogP contribution in [0.15, 0.2) is 36.4 Å². The standard InChI is InChI=1S/C38H48O12/c1-2-3-4-5-6-7-8-9-10-11-12-13-14-15-34(45)50-37-30(43)18-24(19-31(37)44)38(47)49-33-22-26-27(40)20-25(39)21-32(26)48-36(33)23-16-28(41)35(46)29(42)17-23/h16-21,33,36,39-44,46H,2-15,22H2,1H3/t33-,36-/m1/s1. The van der Waals surface area contributed by atoms with E-state index < -0.39 is 58.6 Å². The Balaban J connectivity index is 1.31. The number of phenols is 7. The molecule has 1 aliphatic rings. The van der Waals surface area contributed by atoms with E-state index in [1.165, 1.54) is 63.9 Å². The number of carbonyl (C=O) groups excluding carboxylic acids is 2. The van der Waals surface area contributed by atoms with Crippen LogP contribution in [0, 0.1) is 0 Å². The van der Waals surface area contributed by atoms with Gasteiger partial charge in [0.15, 0.2) is 34.9 Å². The van der Waals surface area contributed by atoms with Crippen LogP contribution in [0.2, 0.25) is 0 Å². The van der Waals surface area contributed by atoms with Crippen molar-refractivity contribution in [3.05, 3.63) is 53.1 Å². The Kier molecular flexibility index (Phi) is 13.7. The Bertz CT molecular complexity index is 1570. The molecule has 7 N–H and O–H groups in total. The quantitative estimate of drug-likeness (QED) is 0.0293. The third-order valence-electron chi connectivity index (χ3n) is 8.83. The van der Waals surface area contributed by atoms with Gasteiger partial charge >= 0.3 is 11.9 Å². The molecule has 272 valence electrons. The number of unbranched alkanes of at least 4 members (excludes halogenated alkanes) is 12. The minimum atomic E-state index is -1.21. The van der Waals surface area contributed by atoms with Gasteiger partial charge in [0.2, 0.25) is 5.75 Å². The largest absolute Gasteiger partial charge is 0.508 e. The summed E-state index contributed by atoms with van der Waals surface area (Å²) in [6.45, 7) is 2.22. The Hall–Kier alpha value is -5.00. The van der Waals surface area contributed by atoms with Crippen LogP contribution in [0.4, 0.5) is 0 Å². The second-order valence-electron chi connectivity index (χ2n) is 12.8. The van der Waals surface area contributed by atoms with E-state index in [2.05, 4.69) is 6.92 Å². The summed E-state index contributed by atoms with van der Waals surface area (Å²) >= 11 is 0. The molecule has 0 fully saturated rings. The normalized spacial score (nSPS) is 15.2. The molecule has 3 aromatic carbocycles. The molecule has 0 aliphatic carbocycles.